The molecular weight excluding hydrogens is 370 g/mol. The minimum absolute atomic E-state index is 0.172. The third-order valence-electron chi connectivity index (χ3n) is 3.95. The van der Waals surface area contributed by atoms with Crippen LogP contribution in [0.5, 0.6) is 0 Å². The number of aromatic nitrogens is 3. The first-order valence-corrected chi connectivity index (χ1v) is 9.24. The van der Waals surface area contributed by atoms with E-state index in [1.54, 1.807) is 39.8 Å². The van der Waals surface area contributed by atoms with Crippen LogP contribution in [0.2, 0.25) is 0 Å². The molecule has 0 saturated carbocycles. The minimum atomic E-state index is -0.498. The van der Waals surface area contributed by atoms with Crippen LogP contribution in [0.25, 0.3) is 11.7 Å². The van der Waals surface area contributed by atoms with E-state index in [4.69, 9.17) is 13.6 Å². The second-order valence-electron chi connectivity index (χ2n) is 5.82. The van der Waals surface area contributed by atoms with Gasteiger partial charge in [-0.3, -0.25) is 4.79 Å². The number of esters is 1. The number of carbonyl (C=O) groups excluding carboxylic acids is 2. The highest BCUT2D eigenvalue weighted by molar-refractivity contribution is 8.00. The van der Waals surface area contributed by atoms with Crippen LogP contribution in [0.3, 0.4) is 0 Å². The Kier molecular flexibility index (Phi) is 5.50. The first kappa shape index (κ1) is 19.0. The van der Waals surface area contributed by atoms with Crippen molar-refractivity contribution in [2.24, 2.45) is 0 Å². The van der Waals surface area contributed by atoms with E-state index in [0.717, 1.165) is 11.8 Å². The summed E-state index contributed by atoms with van der Waals surface area (Å²) in [5.41, 5.74) is 1.95. The summed E-state index contributed by atoms with van der Waals surface area (Å²) in [6.07, 6.45) is 1.51. The molecule has 9 heteroatoms. The topological polar surface area (TPSA) is 111 Å². The molecule has 0 aliphatic carbocycles. The molecule has 0 amide bonds. The first-order chi connectivity index (χ1) is 12.9. The molecule has 1 atom stereocenters. The summed E-state index contributed by atoms with van der Waals surface area (Å²) in [4.78, 5) is 27.9. The molecule has 3 aromatic rings. The van der Waals surface area contributed by atoms with Crippen LogP contribution in [0.1, 0.15) is 46.0 Å². The molecule has 1 N–H and O–H groups in total. The number of nitrogens with zero attached hydrogens (tertiary/aromatic N) is 2. The minimum Gasteiger partial charge on any atom is -0.462 e. The Bertz CT molecular complexity index is 958. The fourth-order valence-corrected chi connectivity index (χ4v) is 3.41. The number of thioether (sulfide) groups is 1. The van der Waals surface area contributed by atoms with Gasteiger partial charge in [-0.05, 0) is 45.4 Å². The van der Waals surface area contributed by atoms with Gasteiger partial charge in [0.05, 0.1) is 29.4 Å². The van der Waals surface area contributed by atoms with Crippen LogP contribution in [-0.2, 0) is 4.74 Å². The Balaban J connectivity index is 1.76. The lowest BCUT2D eigenvalue weighted by molar-refractivity contribution is 0.0525. The van der Waals surface area contributed by atoms with Crippen molar-refractivity contribution >= 4 is 23.5 Å². The van der Waals surface area contributed by atoms with E-state index >= 15 is 0 Å². The number of ether oxygens (including phenoxy) is 1. The fraction of sp³-hybridized carbons (Fsp3) is 0.333. The second kappa shape index (κ2) is 7.83. The second-order valence-corrected chi connectivity index (χ2v) is 7.11. The van der Waals surface area contributed by atoms with Crippen molar-refractivity contribution in [3.63, 3.8) is 0 Å². The van der Waals surface area contributed by atoms with Gasteiger partial charge in [-0.25, -0.2) is 4.79 Å². The van der Waals surface area contributed by atoms with Crippen molar-refractivity contribution in [2.45, 2.75) is 38.2 Å². The molecule has 0 aliphatic rings. The molecule has 3 rings (SSSR count). The van der Waals surface area contributed by atoms with Crippen LogP contribution in [0, 0.1) is 13.8 Å². The monoisotopic (exact) mass is 389 g/mol. The summed E-state index contributed by atoms with van der Waals surface area (Å²) in [7, 11) is 0. The highest BCUT2D eigenvalue weighted by atomic mass is 32.2. The fourth-order valence-electron chi connectivity index (χ4n) is 2.67. The lowest BCUT2D eigenvalue weighted by atomic mass is 10.1. The number of hydrogen-bond acceptors (Lipinski definition) is 8. The number of nitrogens with one attached hydrogen (secondary N) is 1. The smallest absolute Gasteiger partial charge is 0.340 e. The van der Waals surface area contributed by atoms with Gasteiger partial charge in [0, 0.05) is 5.69 Å². The van der Waals surface area contributed by atoms with E-state index in [-0.39, 0.29) is 23.5 Å². The van der Waals surface area contributed by atoms with E-state index in [1.165, 1.54) is 6.26 Å². The third-order valence-corrected chi connectivity index (χ3v) is 4.88. The number of rotatable bonds is 7. The molecule has 3 aromatic heterocycles. The van der Waals surface area contributed by atoms with Crippen molar-refractivity contribution in [1.82, 2.24) is 15.2 Å². The van der Waals surface area contributed by atoms with Crippen molar-refractivity contribution in [3.05, 3.63) is 40.9 Å². The van der Waals surface area contributed by atoms with Gasteiger partial charge in [0.1, 0.15) is 0 Å². The summed E-state index contributed by atoms with van der Waals surface area (Å²) >= 11 is 1.14. The maximum atomic E-state index is 12.8. The lowest BCUT2D eigenvalue weighted by Crippen LogP contribution is -2.15. The normalized spacial score (nSPS) is 12.1. The Labute approximate surface area is 159 Å². The summed E-state index contributed by atoms with van der Waals surface area (Å²) in [5, 5.41) is 7.61. The summed E-state index contributed by atoms with van der Waals surface area (Å²) in [6, 6.07) is 3.43. The Morgan fingerprint density at radius 2 is 2.11 bits per heavy atom. The van der Waals surface area contributed by atoms with Gasteiger partial charge in [-0.2, -0.15) is 0 Å². The van der Waals surface area contributed by atoms with Crippen molar-refractivity contribution in [2.75, 3.05) is 6.61 Å². The molecule has 0 aromatic carbocycles. The SMILES string of the molecule is CCOC(=O)c1c(C)[nH]c(C(=O)[C@H](C)Sc2nnc(-c3ccco3)o2)c1C. The molecule has 3 heterocycles. The Morgan fingerprint density at radius 3 is 2.78 bits per heavy atom. The highest BCUT2D eigenvalue weighted by Crippen LogP contribution is 2.29. The predicted octanol–water partition coefficient (Wildman–Crippen LogP) is 3.81. The molecule has 0 fully saturated rings. The zero-order valence-electron chi connectivity index (χ0n) is 15.4. The quantitative estimate of drug-likeness (QED) is 0.369. The maximum absolute atomic E-state index is 12.8. The molecule has 8 nitrogen and oxygen atoms in total. The van der Waals surface area contributed by atoms with Crippen LogP contribution in [0.4, 0.5) is 0 Å². The van der Waals surface area contributed by atoms with E-state index in [0.29, 0.717) is 28.3 Å². The van der Waals surface area contributed by atoms with E-state index in [9.17, 15) is 9.59 Å². The van der Waals surface area contributed by atoms with Crippen LogP contribution < -0.4 is 0 Å². The largest absolute Gasteiger partial charge is 0.462 e. The number of furan rings is 1. The Morgan fingerprint density at radius 1 is 1.33 bits per heavy atom. The summed E-state index contributed by atoms with van der Waals surface area (Å²) in [6.45, 7) is 7.21. The van der Waals surface area contributed by atoms with Gasteiger partial charge >= 0.3 is 5.97 Å². The van der Waals surface area contributed by atoms with Gasteiger partial charge in [0.15, 0.2) is 11.5 Å². The number of hydrogen-bond donors (Lipinski definition) is 1. The van der Waals surface area contributed by atoms with E-state index in [1.807, 2.05) is 0 Å². The van der Waals surface area contributed by atoms with Gasteiger partial charge < -0.3 is 18.6 Å². The molecule has 0 bridgehead atoms. The number of aromatic amines is 1. The number of carbonyl (C=O) groups is 2. The number of ketones is 1. The molecule has 0 radical (unpaired) electrons. The lowest BCUT2D eigenvalue weighted by Gasteiger charge is -2.07. The predicted molar refractivity (Wildman–Crippen MR) is 97.9 cm³/mol. The standard InChI is InChI=1S/C18H19N3O5S/c1-5-24-17(23)13-9(2)14(19-10(13)3)15(22)11(4)27-18-21-20-16(26-18)12-7-6-8-25-12/h6-8,11,19H,5H2,1-4H3/t11-/m0/s1. The molecule has 0 aliphatic heterocycles. The molecule has 0 saturated heterocycles. The van der Waals surface area contributed by atoms with E-state index < -0.39 is 11.2 Å². The van der Waals surface area contributed by atoms with Crippen molar-refractivity contribution in [3.8, 4) is 11.7 Å². The summed E-state index contributed by atoms with van der Waals surface area (Å²) < 4.78 is 15.8. The molecule has 142 valence electrons. The summed E-state index contributed by atoms with van der Waals surface area (Å²) in [5.74, 6) is 0.0962. The van der Waals surface area contributed by atoms with Gasteiger partial charge in [-0.1, -0.05) is 11.8 Å². The van der Waals surface area contributed by atoms with Crippen molar-refractivity contribution in [1.29, 1.82) is 0 Å². The molecular formula is C18H19N3O5S. The third kappa shape index (κ3) is 3.82. The van der Waals surface area contributed by atoms with Crippen molar-refractivity contribution < 1.29 is 23.2 Å². The Hall–Kier alpha value is -2.81. The van der Waals surface area contributed by atoms with Crippen LogP contribution >= 0.6 is 11.8 Å². The zero-order valence-corrected chi connectivity index (χ0v) is 16.2. The number of Topliss-reactive ketones (excluding diaryl/α,β-unsaturated/α-hetero) is 1. The van der Waals surface area contributed by atoms with Crippen LogP contribution in [-0.4, -0.2) is 38.8 Å². The average Bonchev–Trinajstić information content (AvgIpc) is 3.35. The van der Waals surface area contributed by atoms with Gasteiger partial charge in [0.2, 0.25) is 0 Å². The average molecular weight is 389 g/mol. The zero-order chi connectivity index (χ0) is 19.6. The number of H-pyrrole nitrogens is 1. The van der Waals surface area contributed by atoms with Gasteiger partial charge in [0.25, 0.3) is 11.1 Å². The maximum Gasteiger partial charge on any atom is 0.340 e. The highest BCUT2D eigenvalue weighted by Gasteiger charge is 2.27. The van der Waals surface area contributed by atoms with E-state index in [2.05, 4.69) is 15.2 Å². The van der Waals surface area contributed by atoms with Gasteiger partial charge in [-0.15, -0.1) is 10.2 Å². The first-order valence-electron chi connectivity index (χ1n) is 8.36. The molecule has 0 unspecified atom stereocenters. The number of aryl methyl sites for hydroxylation is 1. The molecule has 27 heavy (non-hydrogen) atoms. The van der Waals surface area contributed by atoms with Crippen LogP contribution in [0.15, 0.2) is 32.5 Å². The molecule has 0 spiro atoms.